The zero-order valence-electron chi connectivity index (χ0n) is 36.6. The molecule has 0 saturated carbocycles. The summed E-state index contributed by atoms with van der Waals surface area (Å²) in [6, 6.07) is 15.3. The maximum atomic E-state index is 14.4. The van der Waals surface area contributed by atoms with Crippen molar-refractivity contribution in [3.05, 3.63) is 82.0 Å². The van der Waals surface area contributed by atoms with E-state index < -0.39 is 30.5 Å². The fourth-order valence-corrected chi connectivity index (χ4v) is 12.6. The van der Waals surface area contributed by atoms with Crippen molar-refractivity contribution in [1.82, 2.24) is 15.1 Å². The molecule has 3 amide bonds. The Kier molecular flexibility index (Phi) is 15.9. The first-order valence-corrected chi connectivity index (χ1v) is 26.0. The summed E-state index contributed by atoms with van der Waals surface area (Å²) in [7, 11) is -3.73. The lowest BCUT2D eigenvalue weighted by Gasteiger charge is -2.36. The number of amides is 3. The van der Waals surface area contributed by atoms with Crippen LogP contribution in [0.5, 0.6) is 0 Å². The van der Waals surface area contributed by atoms with E-state index in [-0.39, 0.29) is 65.3 Å². The molecular weight excluding hydrogens is 864 g/mol. The van der Waals surface area contributed by atoms with E-state index in [9.17, 15) is 28.5 Å². The second-order valence-corrected chi connectivity index (χ2v) is 23.7. The highest BCUT2D eigenvalue weighted by atomic mass is 32.2. The van der Waals surface area contributed by atoms with Crippen LogP contribution < -0.4 is 5.32 Å². The first-order chi connectivity index (χ1) is 29.4. The minimum atomic E-state index is -3.73. The van der Waals surface area contributed by atoms with Crippen molar-refractivity contribution in [3.63, 3.8) is 0 Å². The number of nitrogens with one attached hydrogen (secondary N) is 1. The largest absolute Gasteiger partial charge is 0.340 e. The van der Waals surface area contributed by atoms with E-state index in [2.05, 4.69) is 10.2 Å². The lowest BCUT2D eigenvalue weighted by Crippen LogP contribution is -2.56. The van der Waals surface area contributed by atoms with Gasteiger partial charge in [0, 0.05) is 39.6 Å². The lowest BCUT2D eigenvalue weighted by atomic mass is 9.95. The third-order valence-corrected chi connectivity index (χ3v) is 17.0. The molecule has 334 valence electrons. The molecule has 0 bridgehead atoms. The Morgan fingerprint density at radius 1 is 0.871 bits per heavy atom. The van der Waals surface area contributed by atoms with Crippen LogP contribution in [0.1, 0.15) is 107 Å². The van der Waals surface area contributed by atoms with E-state index in [0.717, 1.165) is 64.9 Å². The van der Waals surface area contributed by atoms with Gasteiger partial charge >= 0.3 is 7.60 Å². The first kappa shape index (κ1) is 48.0. The van der Waals surface area contributed by atoms with Crippen LogP contribution in [0.15, 0.2) is 54.6 Å². The van der Waals surface area contributed by atoms with Crippen LogP contribution in [0.2, 0.25) is 0 Å². The van der Waals surface area contributed by atoms with Crippen molar-refractivity contribution in [3.8, 4) is 0 Å². The molecule has 6 rings (SSSR count). The van der Waals surface area contributed by atoms with Crippen molar-refractivity contribution in [2.24, 2.45) is 10.8 Å². The molecule has 2 aromatic carbocycles. The van der Waals surface area contributed by atoms with E-state index in [1.807, 2.05) is 90.1 Å². The Labute approximate surface area is 378 Å². The standard InChI is InChI=1S/C46H59N4O8PS3/c1-45(2,3)43(54)60-23-21-57-59(56,58-22-24-61-44(55)46(4,5)6)29-30-17-20-38-32(25-30)26-39(62-38)40(51)48-35-16-12-11-15-33-18-19-37(50(33)41(35)52)42(53)49-27-34(36(28-49)47-7)31-13-9-8-10-14-31/h8-10,13-14,17,20,25-26,33-37H,11-12,15-16,18-19,21-24,27-29H2,1-6H3,(H,48,51)/t33-,34+,35-,36-,37-/m0/s1. The van der Waals surface area contributed by atoms with Crippen LogP contribution in [0.3, 0.4) is 0 Å². The molecule has 0 unspecified atom stereocenters. The predicted octanol–water partition coefficient (Wildman–Crippen LogP) is 9.19. The van der Waals surface area contributed by atoms with Gasteiger partial charge in [0.1, 0.15) is 12.1 Å². The molecule has 3 saturated heterocycles. The average molecular weight is 923 g/mol. The van der Waals surface area contributed by atoms with Crippen molar-refractivity contribution in [2.75, 3.05) is 37.8 Å². The Balaban J connectivity index is 1.12. The quantitative estimate of drug-likeness (QED) is 0.0945. The Hall–Kier alpha value is -3.51. The normalized spacial score (nSPS) is 22.2. The molecular formula is C46H59N4O8PS3. The molecule has 1 aromatic heterocycles. The SMILES string of the molecule is [C-]#[N+][C@H]1CN(C(=O)[C@@H]2CC[C@@H]3CCCC[C@H](NC(=O)c4cc5cc(CP(=O)(OCCSC(=O)C(C)(C)C)OCCSC(=O)C(C)(C)C)ccc5s4)C(=O)N32)C[C@@H]1c1ccccc1. The third-order valence-electron chi connectivity index (χ3n) is 11.5. The van der Waals surface area contributed by atoms with E-state index >= 15 is 0 Å². The zero-order valence-corrected chi connectivity index (χ0v) is 39.9. The molecule has 3 fully saturated rings. The van der Waals surface area contributed by atoms with Gasteiger partial charge in [0.25, 0.3) is 5.91 Å². The summed E-state index contributed by atoms with van der Waals surface area (Å²) in [5.74, 6) is -0.214. The first-order valence-electron chi connectivity index (χ1n) is 21.5. The van der Waals surface area contributed by atoms with E-state index in [0.29, 0.717) is 47.9 Å². The second-order valence-electron chi connectivity index (χ2n) is 18.4. The Bertz CT molecular complexity index is 2180. The molecule has 5 atom stereocenters. The molecule has 3 aliphatic rings. The molecule has 0 spiro atoms. The van der Waals surface area contributed by atoms with Gasteiger partial charge in [-0.3, -0.25) is 28.5 Å². The number of carbonyl (C=O) groups is 5. The number of nitrogens with zero attached hydrogens (tertiary/aromatic N) is 3. The van der Waals surface area contributed by atoms with Crippen molar-refractivity contribution >= 4 is 80.5 Å². The summed E-state index contributed by atoms with van der Waals surface area (Å²) in [5.41, 5.74) is 0.658. The summed E-state index contributed by atoms with van der Waals surface area (Å²) in [6.45, 7) is 19.7. The molecule has 1 N–H and O–H groups in total. The van der Waals surface area contributed by atoms with E-state index in [1.54, 1.807) is 15.9 Å². The van der Waals surface area contributed by atoms with Gasteiger partial charge in [-0.2, -0.15) is 0 Å². The molecule has 4 heterocycles. The fraction of sp³-hybridized carbons (Fsp3) is 0.565. The van der Waals surface area contributed by atoms with Gasteiger partial charge in [-0.05, 0) is 60.4 Å². The van der Waals surface area contributed by atoms with Gasteiger partial charge in [-0.1, -0.05) is 114 Å². The fourth-order valence-electron chi connectivity index (χ4n) is 8.18. The zero-order chi connectivity index (χ0) is 44.8. The van der Waals surface area contributed by atoms with Gasteiger partial charge in [-0.15, -0.1) is 11.3 Å². The molecule has 12 nitrogen and oxygen atoms in total. The van der Waals surface area contributed by atoms with E-state index in [4.69, 9.17) is 15.6 Å². The maximum absolute atomic E-state index is 14.4. The van der Waals surface area contributed by atoms with Crippen LogP contribution >= 0.6 is 42.5 Å². The molecule has 0 aliphatic carbocycles. The number of carbonyl (C=O) groups excluding carboxylic acids is 5. The maximum Gasteiger partial charge on any atom is 0.335 e. The number of likely N-dealkylation sites (tertiary alicyclic amines) is 1. The number of hydrogen-bond acceptors (Lipinski definition) is 11. The Morgan fingerprint density at radius 2 is 1.52 bits per heavy atom. The van der Waals surface area contributed by atoms with Crippen LogP contribution in [0, 0.1) is 17.4 Å². The predicted molar refractivity (Wildman–Crippen MR) is 248 cm³/mol. The smallest absolute Gasteiger partial charge is 0.335 e. The number of thioether (sulfide) groups is 2. The highest BCUT2D eigenvalue weighted by Gasteiger charge is 2.48. The number of benzene rings is 2. The third kappa shape index (κ3) is 12.0. The van der Waals surface area contributed by atoms with Crippen LogP contribution in [0.4, 0.5) is 0 Å². The summed E-state index contributed by atoms with van der Waals surface area (Å²) >= 11 is 3.54. The monoisotopic (exact) mass is 922 g/mol. The highest BCUT2D eigenvalue weighted by Crippen LogP contribution is 2.52. The minimum absolute atomic E-state index is 0.00138. The average Bonchev–Trinajstić information content (AvgIpc) is 3.97. The molecule has 62 heavy (non-hydrogen) atoms. The number of thiophene rings is 1. The number of rotatable bonds is 14. The summed E-state index contributed by atoms with van der Waals surface area (Å²) in [4.78, 5) is 75.2. The van der Waals surface area contributed by atoms with Crippen LogP contribution in [-0.4, -0.2) is 99.7 Å². The summed E-state index contributed by atoms with van der Waals surface area (Å²) in [5, 5.41) is 3.78. The Morgan fingerprint density at radius 3 is 2.15 bits per heavy atom. The minimum Gasteiger partial charge on any atom is -0.340 e. The van der Waals surface area contributed by atoms with Crippen LogP contribution in [0.25, 0.3) is 14.9 Å². The van der Waals surface area contributed by atoms with Crippen molar-refractivity contribution < 1.29 is 37.6 Å². The molecule has 16 heteroatoms. The van der Waals surface area contributed by atoms with Gasteiger partial charge < -0.3 is 29.0 Å². The summed E-state index contributed by atoms with van der Waals surface area (Å²) in [6.07, 6.45) is 4.15. The molecule has 3 aromatic rings. The lowest BCUT2D eigenvalue weighted by molar-refractivity contribution is -0.146. The topological polar surface area (TPSA) is 144 Å². The summed E-state index contributed by atoms with van der Waals surface area (Å²) < 4.78 is 26.8. The van der Waals surface area contributed by atoms with Crippen LogP contribution in [-0.2, 0) is 39.0 Å². The van der Waals surface area contributed by atoms with E-state index in [1.165, 1.54) is 11.3 Å². The highest BCUT2D eigenvalue weighted by molar-refractivity contribution is 8.14. The number of fused-ring (bicyclic) bond motifs is 2. The van der Waals surface area contributed by atoms with Crippen molar-refractivity contribution in [2.45, 2.75) is 116 Å². The number of hydrogen-bond donors (Lipinski definition) is 1. The second kappa shape index (κ2) is 20.5. The van der Waals surface area contributed by atoms with Crippen molar-refractivity contribution in [1.29, 1.82) is 0 Å². The van der Waals surface area contributed by atoms with Gasteiger partial charge in [0.05, 0.1) is 36.7 Å². The van der Waals surface area contributed by atoms with Gasteiger partial charge in [0.2, 0.25) is 17.9 Å². The molecule has 0 radical (unpaired) electrons. The van der Waals surface area contributed by atoms with Gasteiger partial charge in [-0.25, -0.2) is 6.57 Å². The van der Waals surface area contributed by atoms with Gasteiger partial charge in [0.15, 0.2) is 10.2 Å². The molecule has 3 aliphatic heterocycles.